The number of sulfone groups is 1. The molecule has 0 radical (unpaired) electrons. The highest BCUT2D eigenvalue weighted by molar-refractivity contribution is 7.90. The third kappa shape index (κ3) is 7.56. The molecule has 1 atom stereocenters. The Labute approximate surface area is 181 Å². The molecule has 0 unspecified atom stereocenters. The van der Waals surface area contributed by atoms with Crippen LogP contribution in [0.5, 0.6) is 0 Å². The summed E-state index contributed by atoms with van der Waals surface area (Å²) in [5, 5.41) is 7.95. The van der Waals surface area contributed by atoms with Crippen LogP contribution in [0.4, 0.5) is 26.2 Å². The van der Waals surface area contributed by atoms with E-state index in [-0.39, 0.29) is 16.3 Å². The predicted molar refractivity (Wildman–Crippen MR) is 117 cm³/mol. The van der Waals surface area contributed by atoms with Gasteiger partial charge in [-0.05, 0) is 64.1 Å². The Morgan fingerprint density at radius 1 is 1.06 bits per heavy atom. The molecule has 168 valence electrons. The number of carbonyl (C=O) groups is 2. The van der Waals surface area contributed by atoms with Gasteiger partial charge in [-0.1, -0.05) is 6.07 Å². The van der Waals surface area contributed by atoms with Gasteiger partial charge in [-0.2, -0.15) is 0 Å². The van der Waals surface area contributed by atoms with Crippen LogP contribution >= 0.6 is 0 Å². The van der Waals surface area contributed by atoms with Crippen molar-refractivity contribution in [2.75, 3.05) is 16.9 Å². The molecule has 2 aromatic rings. The monoisotopic (exact) mass is 451 g/mol. The van der Waals surface area contributed by atoms with Crippen LogP contribution in [0.25, 0.3) is 0 Å². The Morgan fingerprint density at radius 2 is 1.74 bits per heavy atom. The number of alkyl carbamates (subject to hydrolysis) is 1. The summed E-state index contributed by atoms with van der Waals surface area (Å²) in [4.78, 5) is 24.5. The van der Waals surface area contributed by atoms with Crippen LogP contribution in [0, 0.1) is 5.82 Å². The Morgan fingerprint density at radius 3 is 2.35 bits per heavy atom. The van der Waals surface area contributed by atoms with Gasteiger partial charge in [0.15, 0.2) is 9.84 Å². The van der Waals surface area contributed by atoms with Crippen molar-refractivity contribution < 1.29 is 27.1 Å². The van der Waals surface area contributed by atoms with Gasteiger partial charge in [-0.15, -0.1) is 0 Å². The molecule has 2 aromatic carbocycles. The van der Waals surface area contributed by atoms with E-state index in [0.717, 1.165) is 12.3 Å². The largest absolute Gasteiger partial charge is 0.444 e. The number of carbonyl (C=O) groups excluding carboxylic acids is 2. The van der Waals surface area contributed by atoms with E-state index in [1.807, 2.05) is 0 Å². The molecule has 0 aliphatic rings. The zero-order valence-corrected chi connectivity index (χ0v) is 18.8. The zero-order chi connectivity index (χ0) is 23.4. The van der Waals surface area contributed by atoms with E-state index in [4.69, 9.17) is 4.74 Å². The number of hydrogen-bond donors (Lipinski definition) is 3. The molecule has 8 nitrogen and oxygen atoms in total. The van der Waals surface area contributed by atoms with Crippen molar-refractivity contribution in [3.8, 4) is 0 Å². The Kier molecular flexibility index (Phi) is 7.27. The van der Waals surface area contributed by atoms with Gasteiger partial charge in [0.25, 0.3) is 0 Å². The quantitative estimate of drug-likeness (QED) is 0.615. The van der Waals surface area contributed by atoms with E-state index < -0.39 is 39.3 Å². The lowest BCUT2D eigenvalue weighted by molar-refractivity contribution is -0.117. The van der Waals surface area contributed by atoms with Gasteiger partial charge in [0.05, 0.1) is 16.3 Å². The SMILES string of the molecule is C[C@H](NC(=O)OC(C)(C)C)C(=O)Nc1ccc(F)cc1Nc1cccc(S(C)(=O)=O)c1. The fourth-order valence-corrected chi connectivity index (χ4v) is 3.15. The number of rotatable bonds is 6. The topological polar surface area (TPSA) is 114 Å². The number of amides is 2. The minimum Gasteiger partial charge on any atom is -0.444 e. The highest BCUT2D eigenvalue weighted by Crippen LogP contribution is 2.28. The lowest BCUT2D eigenvalue weighted by atomic mass is 10.2. The first kappa shape index (κ1) is 24.1. The maximum Gasteiger partial charge on any atom is 0.408 e. The van der Waals surface area contributed by atoms with E-state index >= 15 is 0 Å². The molecule has 0 aliphatic carbocycles. The molecular formula is C21H26FN3O5S. The summed E-state index contributed by atoms with van der Waals surface area (Å²) in [5.41, 5.74) is 0.135. The van der Waals surface area contributed by atoms with Crippen molar-refractivity contribution in [1.82, 2.24) is 5.32 Å². The van der Waals surface area contributed by atoms with Crippen LogP contribution in [0.1, 0.15) is 27.7 Å². The first-order chi connectivity index (χ1) is 14.2. The highest BCUT2D eigenvalue weighted by atomic mass is 32.2. The summed E-state index contributed by atoms with van der Waals surface area (Å²) in [6.45, 7) is 6.58. The van der Waals surface area contributed by atoms with Crippen molar-refractivity contribution in [2.45, 2.75) is 44.2 Å². The molecular weight excluding hydrogens is 425 g/mol. The molecule has 0 aliphatic heterocycles. The normalized spacial score (nSPS) is 12.6. The smallest absolute Gasteiger partial charge is 0.408 e. The molecule has 31 heavy (non-hydrogen) atoms. The van der Waals surface area contributed by atoms with Gasteiger partial charge in [0.2, 0.25) is 5.91 Å². The Balaban J connectivity index is 2.18. The average Bonchev–Trinajstić information content (AvgIpc) is 2.61. The van der Waals surface area contributed by atoms with Crippen LogP contribution in [0.2, 0.25) is 0 Å². The van der Waals surface area contributed by atoms with E-state index in [9.17, 15) is 22.4 Å². The molecule has 3 N–H and O–H groups in total. The Hall–Kier alpha value is -3.14. The first-order valence-corrected chi connectivity index (χ1v) is 11.3. The molecule has 0 bridgehead atoms. The lowest BCUT2D eigenvalue weighted by Crippen LogP contribution is -2.44. The minimum absolute atomic E-state index is 0.0923. The second-order valence-electron chi connectivity index (χ2n) is 7.97. The van der Waals surface area contributed by atoms with Gasteiger partial charge >= 0.3 is 6.09 Å². The average molecular weight is 452 g/mol. The number of benzene rings is 2. The minimum atomic E-state index is -3.43. The Bertz CT molecular complexity index is 1080. The van der Waals surface area contributed by atoms with E-state index in [2.05, 4.69) is 16.0 Å². The zero-order valence-electron chi connectivity index (χ0n) is 17.9. The van der Waals surface area contributed by atoms with Crippen LogP contribution in [-0.4, -0.2) is 38.3 Å². The van der Waals surface area contributed by atoms with Crippen molar-refractivity contribution in [3.05, 3.63) is 48.3 Å². The first-order valence-electron chi connectivity index (χ1n) is 9.42. The van der Waals surface area contributed by atoms with Crippen LogP contribution < -0.4 is 16.0 Å². The van der Waals surface area contributed by atoms with Gasteiger partial charge in [-0.3, -0.25) is 4.79 Å². The molecule has 10 heteroatoms. The molecule has 0 saturated carbocycles. The maximum atomic E-state index is 13.8. The summed E-state index contributed by atoms with van der Waals surface area (Å²) >= 11 is 0. The van der Waals surface area contributed by atoms with Crippen LogP contribution in [-0.2, 0) is 19.4 Å². The van der Waals surface area contributed by atoms with Gasteiger partial charge in [-0.25, -0.2) is 17.6 Å². The maximum absolute atomic E-state index is 13.8. The highest BCUT2D eigenvalue weighted by Gasteiger charge is 2.22. The standard InChI is InChI=1S/C21H26FN3O5S/c1-13(23-20(27)30-21(2,3)4)19(26)25-17-10-9-14(22)11-18(17)24-15-7-6-8-16(12-15)31(5,28)29/h6-13,24H,1-5H3,(H,23,27)(H,25,26)/t13-/m0/s1. The predicted octanol–water partition coefficient (Wildman–Crippen LogP) is 3.82. The van der Waals surface area contributed by atoms with E-state index in [0.29, 0.717) is 5.69 Å². The van der Waals surface area contributed by atoms with Gasteiger partial charge in [0, 0.05) is 11.9 Å². The summed E-state index contributed by atoms with van der Waals surface area (Å²) in [7, 11) is -3.43. The van der Waals surface area contributed by atoms with Crippen molar-refractivity contribution in [2.24, 2.45) is 0 Å². The van der Waals surface area contributed by atoms with Gasteiger partial charge < -0.3 is 20.7 Å². The fraction of sp³-hybridized carbons (Fsp3) is 0.333. The van der Waals surface area contributed by atoms with Crippen LogP contribution in [0.3, 0.4) is 0 Å². The summed E-state index contributed by atoms with van der Waals surface area (Å²) in [6.07, 6.45) is 0.337. The molecule has 2 rings (SSSR count). The molecule has 0 fully saturated rings. The number of ether oxygens (including phenoxy) is 1. The summed E-state index contributed by atoms with van der Waals surface area (Å²) in [5.74, 6) is -1.11. The van der Waals surface area contributed by atoms with Gasteiger partial charge in [0.1, 0.15) is 17.5 Å². The lowest BCUT2D eigenvalue weighted by Gasteiger charge is -2.22. The fourth-order valence-electron chi connectivity index (χ4n) is 2.48. The molecule has 0 aromatic heterocycles. The summed E-state index contributed by atoms with van der Waals surface area (Å²) in [6, 6.07) is 8.75. The molecule has 2 amide bonds. The van der Waals surface area contributed by atoms with Crippen molar-refractivity contribution >= 4 is 38.9 Å². The number of anilines is 3. The molecule has 0 saturated heterocycles. The van der Waals surface area contributed by atoms with E-state index in [1.54, 1.807) is 32.9 Å². The van der Waals surface area contributed by atoms with Crippen molar-refractivity contribution in [3.63, 3.8) is 0 Å². The number of nitrogens with one attached hydrogen (secondary N) is 3. The van der Waals surface area contributed by atoms with Crippen LogP contribution in [0.15, 0.2) is 47.4 Å². The number of hydrogen-bond acceptors (Lipinski definition) is 6. The van der Waals surface area contributed by atoms with Crippen molar-refractivity contribution in [1.29, 1.82) is 0 Å². The second-order valence-corrected chi connectivity index (χ2v) is 9.99. The van der Waals surface area contributed by atoms with E-state index in [1.165, 1.54) is 31.2 Å². The third-order valence-corrected chi connectivity index (χ3v) is 5.02. The number of halogens is 1. The summed E-state index contributed by atoms with van der Waals surface area (Å²) < 4.78 is 42.5. The third-order valence-electron chi connectivity index (χ3n) is 3.91. The molecule has 0 spiro atoms. The second kappa shape index (κ2) is 9.34. The molecule has 0 heterocycles.